The van der Waals surface area contributed by atoms with Crippen molar-refractivity contribution in [2.75, 3.05) is 6.61 Å². The molecular weight excluding hydrogens is 322 g/mol. The van der Waals surface area contributed by atoms with Gasteiger partial charge in [0.15, 0.2) is 0 Å². The molecule has 0 bridgehead atoms. The van der Waals surface area contributed by atoms with Gasteiger partial charge in [0.2, 0.25) is 0 Å². The molecule has 0 amide bonds. The SMILES string of the molecule is C[Si](C)(C)CCOC(=O)[C@H](CC(CC=O)c1ccccc1)N=[N+]=[N-]. The zero-order chi connectivity index (χ0) is 18.0. The zero-order valence-electron chi connectivity index (χ0n) is 14.5. The third-order valence-electron chi connectivity index (χ3n) is 3.72. The number of ether oxygens (including phenoxy) is 1. The van der Waals surface area contributed by atoms with Crippen LogP contribution in [0.2, 0.25) is 25.7 Å². The number of rotatable bonds is 10. The first-order valence-electron chi connectivity index (χ1n) is 8.07. The van der Waals surface area contributed by atoms with Crippen molar-refractivity contribution in [1.82, 2.24) is 0 Å². The van der Waals surface area contributed by atoms with Crippen molar-refractivity contribution in [3.8, 4) is 0 Å². The molecule has 0 saturated heterocycles. The summed E-state index contributed by atoms with van der Waals surface area (Å²) in [5, 5.41) is 3.59. The van der Waals surface area contributed by atoms with Gasteiger partial charge in [0.05, 0.1) is 6.61 Å². The highest BCUT2D eigenvalue weighted by Gasteiger charge is 2.25. The molecule has 0 spiro atoms. The summed E-state index contributed by atoms with van der Waals surface area (Å²) < 4.78 is 5.29. The summed E-state index contributed by atoms with van der Waals surface area (Å²) in [7, 11) is -1.30. The van der Waals surface area contributed by atoms with Crippen molar-refractivity contribution in [2.45, 2.75) is 50.5 Å². The maximum Gasteiger partial charge on any atom is 0.314 e. The van der Waals surface area contributed by atoms with Crippen molar-refractivity contribution in [2.24, 2.45) is 5.11 Å². The van der Waals surface area contributed by atoms with Gasteiger partial charge in [-0.2, -0.15) is 0 Å². The van der Waals surface area contributed by atoms with Gasteiger partial charge in [0, 0.05) is 19.4 Å². The largest absolute Gasteiger partial charge is 0.466 e. The van der Waals surface area contributed by atoms with E-state index in [4.69, 9.17) is 10.3 Å². The van der Waals surface area contributed by atoms with Crippen LogP contribution in [0.25, 0.3) is 10.4 Å². The average molecular weight is 347 g/mol. The Morgan fingerprint density at radius 3 is 2.54 bits per heavy atom. The molecule has 2 atom stereocenters. The second-order valence-electron chi connectivity index (χ2n) is 6.94. The lowest BCUT2D eigenvalue weighted by atomic mass is 9.90. The minimum Gasteiger partial charge on any atom is -0.466 e. The van der Waals surface area contributed by atoms with E-state index in [1.54, 1.807) is 0 Å². The van der Waals surface area contributed by atoms with Crippen LogP contribution in [-0.2, 0) is 14.3 Å². The molecular formula is C17H25N3O3Si. The molecule has 0 aliphatic heterocycles. The summed E-state index contributed by atoms with van der Waals surface area (Å²) in [5.74, 6) is -0.693. The van der Waals surface area contributed by atoms with E-state index >= 15 is 0 Å². The molecule has 1 aromatic carbocycles. The van der Waals surface area contributed by atoms with E-state index in [9.17, 15) is 9.59 Å². The minimum absolute atomic E-state index is 0.177. The highest BCUT2D eigenvalue weighted by molar-refractivity contribution is 6.76. The minimum atomic E-state index is -1.30. The molecule has 1 rings (SSSR count). The Bertz CT molecular complexity index is 580. The van der Waals surface area contributed by atoms with Gasteiger partial charge in [-0.25, -0.2) is 0 Å². The van der Waals surface area contributed by atoms with Crippen molar-refractivity contribution < 1.29 is 14.3 Å². The Morgan fingerprint density at radius 1 is 1.33 bits per heavy atom. The average Bonchev–Trinajstić information content (AvgIpc) is 2.53. The highest BCUT2D eigenvalue weighted by Crippen LogP contribution is 2.26. The first-order chi connectivity index (χ1) is 11.4. The molecule has 6 nitrogen and oxygen atoms in total. The van der Waals surface area contributed by atoms with Crippen molar-refractivity contribution in [1.29, 1.82) is 0 Å². The van der Waals surface area contributed by atoms with Gasteiger partial charge in [0.1, 0.15) is 12.3 Å². The molecule has 0 N–H and O–H groups in total. The van der Waals surface area contributed by atoms with Crippen LogP contribution in [0.4, 0.5) is 0 Å². The van der Waals surface area contributed by atoms with Gasteiger partial charge in [-0.15, -0.1) is 0 Å². The van der Waals surface area contributed by atoms with Crippen LogP contribution >= 0.6 is 0 Å². The lowest BCUT2D eigenvalue weighted by molar-refractivity contribution is -0.145. The summed E-state index contributed by atoms with van der Waals surface area (Å²) in [6.45, 7) is 6.93. The number of hydrogen-bond donors (Lipinski definition) is 0. The van der Waals surface area contributed by atoms with Crippen LogP contribution in [0.1, 0.15) is 24.3 Å². The van der Waals surface area contributed by atoms with E-state index in [-0.39, 0.29) is 18.8 Å². The van der Waals surface area contributed by atoms with Gasteiger partial charge in [-0.05, 0) is 29.5 Å². The number of benzene rings is 1. The lowest BCUT2D eigenvalue weighted by Crippen LogP contribution is -2.27. The first-order valence-corrected chi connectivity index (χ1v) is 11.8. The smallest absolute Gasteiger partial charge is 0.314 e. The fraction of sp³-hybridized carbons (Fsp3) is 0.529. The Balaban J connectivity index is 2.76. The monoisotopic (exact) mass is 347 g/mol. The molecule has 0 aliphatic rings. The van der Waals surface area contributed by atoms with Gasteiger partial charge >= 0.3 is 5.97 Å². The molecule has 130 valence electrons. The van der Waals surface area contributed by atoms with E-state index < -0.39 is 20.1 Å². The maximum atomic E-state index is 12.2. The molecule has 7 heteroatoms. The number of carbonyl (C=O) groups excluding carboxylic acids is 2. The Morgan fingerprint density at radius 2 is 2.00 bits per heavy atom. The number of hydrogen-bond acceptors (Lipinski definition) is 4. The van der Waals surface area contributed by atoms with E-state index in [0.717, 1.165) is 17.9 Å². The second kappa shape index (κ2) is 9.90. The van der Waals surface area contributed by atoms with Crippen molar-refractivity contribution >= 4 is 20.3 Å². The standard InChI is InChI=1S/C17H25N3O3Si/c1-24(2,3)12-11-23-17(22)16(19-20-18)13-15(9-10-21)14-7-5-4-6-8-14/h4-8,10,15-16H,9,11-13H2,1-3H3/t15?,16-/m0/s1. The number of esters is 1. The van der Waals surface area contributed by atoms with E-state index in [1.165, 1.54) is 0 Å². The summed E-state index contributed by atoms with van der Waals surface area (Å²) in [6.07, 6.45) is 1.35. The van der Waals surface area contributed by atoms with Gasteiger partial charge in [-0.3, -0.25) is 4.79 Å². The van der Waals surface area contributed by atoms with Crippen LogP contribution < -0.4 is 0 Å². The Labute approximate surface area is 143 Å². The Kier molecular flexibility index (Phi) is 8.22. The summed E-state index contributed by atoms with van der Waals surface area (Å²) in [6, 6.07) is 9.39. The van der Waals surface area contributed by atoms with Gasteiger partial charge in [-0.1, -0.05) is 55.1 Å². The predicted molar refractivity (Wildman–Crippen MR) is 96.5 cm³/mol. The van der Waals surface area contributed by atoms with Gasteiger partial charge in [0.25, 0.3) is 0 Å². The van der Waals surface area contributed by atoms with Crippen LogP contribution in [-0.4, -0.2) is 33.0 Å². The second-order valence-corrected chi connectivity index (χ2v) is 12.6. The fourth-order valence-corrected chi connectivity index (χ4v) is 3.00. The normalized spacial score (nSPS) is 13.5. The quantitative estimate of drug-likeness (QED) is 0.158. The topological polar surface area (TPSA) is 92.1 Å². The third-order valence-corrected chi connectivity index (χ3v) is 5.42. The fourth-order valence-electron chi connectivity index (χ4n) is 2.29. The van der Waals surface area contributed by atoms with Crippen LogP contribution in [0, 0.1) is 0 Å². The van der Waals surface area contributed by atoms with E-state index in [1.807, 2.05) is 30.3 Å². The molecule has 1 unspecified atom stereocenters. The van der Waals surface area contributed by atoms with Crippen molar-refractivity contribution in [3.63, 3.8) is 0 Å². The predicted octanol–water partition coefficient (Wildman–Crippen LogP) is 4.31. The summed E-state index contributed by atoms with van der Waals surface area (Å²) >= 11 is 0. The molecule has 0 saturated carbocycles. The van der Waals surface area contributed by atoms with Crippen molar-refractivity contribution in [3.05, 3.63) is 46.3 Å². The molecule has 0 heterocycles. The summed E-state index contributed by atoms with van der Waals surface area (Å²) in [5.41, 5.74) is 9.68. The molecule has 0 fully saturated rings. The molecule has 0 radical (unpaired) electrons. The van der Waals surface area contributed by atoms with Crippen LogP contribution in [0.15, 0.2) is 35.4 Å². The Hall–Kier alpha value is -2.11. The first kappa shape index (κ1) is 19.9. The molecule has 1 aromatic rings. The summed E-state index contributed by atoms with van der Waals surface area (Å²) in [4.78, 5) is 26.0. The van der Waals surface area contributed by atoms with Crippen LogP contribution in [0.3, 0.4) is 0 Å². The van der Waals surface area contributed by atoms with E-state index in [2.05, 4.69) is 29.7 Å². The lowest BCUT2D eigenvalue weighted by Gasteiger charge is -2.20. The maximum absolute atomic E-state index is 12.2. The van der Waals surface area contributed by atoms with E-state index in [0.29, 0.717) is 6.61 Å². The van der Waals surface area contributed by atoms with Gasteiger partial charge < -0.3 is 9.53 Å². The molecule has 0 aliphatic carbocycles. The molecule has 24 heavy (non-hydrogen) atoms. The highest BCUT2D eigenvalue weighted by atomic mass is 28.3. The molecule has 0 aromatic heterocycles. The third kappa shape index (κ3) is 7.44. The number of azide groups is 1. The number of nitrogens with zero attached hydrogens (tertiary/aromatic N) is 3. The van der Waals surface area contributed by atoms with Crippen LogP contribution in [0.5, 0.6) is 0 Å². The number of carbonyl (C=O) groups is 2. The zero-order valence-corrected chi connectivity index (χ0v) is 15.5. The number of aldehydes is 1.